The highest BCUT2D eigenvalue weighted by Gasteiger charge is 2.20. The number of methoxy groups -OCH3 is 1. The Bertz CT molecular complexity index is 636. The van der Waals surface area contributed by atoms with Crippen LogP contribution in [-0.4, -0.2) is 12.9 Å². The van der Waals surface area contributed by atoms with Gasteiger partial charge in [0.1, 0.15) is 17.4 Å². The quantitative estimate of drug-likeness (QED) is 0.791. The number of rotatable bonds is 3. The Morgan fingerprint density at radius 1 is 1.16 bits per heavy atom. The predicted molar refractivity (Wildman–Crippen MR) is 67.5 cm³/mol. The molecule has 0 aliphatic heterocycles. The van der Waals surface area contributed by atoms with E-state index in [1.807, 2.05) is 0 Å². The van der Waals surface area contributed by atoms with E-state index in [1.54, 1.807) is 12.1 Å². The molecule has 2 rings (SSSR count). The van der Waals surface area contributed by atoms with E-state index >= 15 is 0 Å². The lowest BCUT2D eigenvalue weighted by Gasteiger charge is -2.07. The fraction of sp³-hybridized carbons (Fsp3) is 0.133. The number of hydrogen-bond acceptors (Lipinski definition) is 2. The number of hydrogen-bond donors (Lipinski definition) is 0. The molecule has 0 aromatic heterocycles. The highest BCUT2D eigenvalue weighted by Crippen LogP contribution is 2.22. The summed E-state index contributed by atoms with van der Waals surface area (Å²) in [5, 5.41) is 0. The predicted octanol–water partition coefficient (Wildman–Crippen LogP) is 3.51. The van der Waals surface area contributed by atoms with Gasteiger partial charge in [0, 0.05) is 5.56 Å². The van der Waals surface area contributed by atoms with E-state index in [4.69, 9.17) is 4.74 Å². The van der Waals surface area contributed by atoms with Gasteiger partial charge >= 0.3 is 0 Å². The van der Waals surface area contributed by atoms with Crippen molar-refractivity contribution < 1.29 is 18.3 Å². The Balaban J connectivity index is 2.53. The minimum atomic E-state index is -0.865. The summed E-state index contributed by atoms with van der Waals surface area (Å²) in [5.41, 5.74) is -0.122. The van der Waals surface area contributed by atoms with Crippen molar-refractivity contribution in [2.75, 3.05) is 7.11 Å². The maximum absolute atomic E-state index is 13.9. The standard InChI is InChI=1S/C15H12F2O2/c1-9-6-7-12(16)13(14(9)17)15(18)10-4-3-5-11(8-10)19-2/h3-8H,1-2H3. The van der Waals surface area contributed by atoms with E-state index in [-0.39, 0.29) is 11.1 Å². The van der Waals surface area contributed by atoms with Gasteiger partial charge in [0.2, 0.25) is 0 Å². The highest BCUT2D eigenvalue weighted by atomic mass is 19.1. The molecule has 0 N–H and O–H groups in total. The van der Waals surface area contributed by atoms with Crippen molar-refractivity contribution in [3.63, 3.8) is 0 Å². The normalized spacial score (nSPS) is 10.3. The second-order valence-corrected chi connectivity index (χ2v) is 4.11. The summed E-state index contributed by atoms with van der Waals surface area (Å²) in [5.74, 6) is -1.93. The molecule has 4 heteroatoms. The fourth-order valence-corrected chi connectivity index (χ4v) is 1.77. The monoisotopic (exact) mass is 262 g/mol. The molecule has 0 radical (unpaired) electrons. The minimum absolute atomic E-state index is 0.183. The van der Waals surface area contributed by atoms with E-state index in [2.05, 4.69) is 0 Å². The molecule has 0 aliphatic carbocycles. The van der Waals surface area contributed by atoms with Gasteiger partial charge in [0.25, 0.3) is 0 Å². The number of ketones is 1. The Hall–Kier alpha value is -2.23. The summed E-state index contributed by atoms with van der Waals surface area (Å²) in [6, 6.07) is 8.58. The molecule has 0 aliphatic rings. The van der Waals surface area contributed by atoms with E-state index in [0.29, 0.717) is 5.75 Å². The Morgan fingerprint density at radius 3 is 2.58 bits per heavy atom. The van der Waals surface area contributed by atoms with E-state index in [0.717, 1.165) is 6.07 Å². The Labute approximate surface area is 109 Å². The highest BCUT2D eigenvalue weighted by molar-refractivity contribution is 6.09. The number of ether oxygens (including phenoxy) is 1. The first-order valence-electron chi connectivity index (χ1n) is 5.68. The second-order valence-electron chi connectivity index (χ2n) is 4.11. The summed E-state index contributed by atoms with van der Waals surface area (Å²) in [4.78, 5) is 12.2. The van der Waals surface area contributed by atoms with Gasteiger partial charge in [0.05, 0.1) is 12.7 Å². The lowest BCUT2D eigenvalue weighted by Crippen LogP contribution is -2.09. The maximum atomic E-state index is 13.9. The second kappa shape index (κ2) is 5.18. The van der Waals surface area contributed by atoms with Crippen LogP contribution in [0.25, 0.3) is 0 Å². The third kappa shape index (κ3) is 2.47. The molecule has 0 atom stereocenters. The molecule has 19 heavy (non-hydrogen) atoms. The van der Waals surface area contributed by atoms with Crippen LogP contribution in [0.1, 0.15) is 21.5 Å². The molecule has 0 saturated heterocycles. The summed E-state index contributed by atoms with van der Waals surface area (Å²) < 4.78 is 32.5. The SMILES string of the molecule is COc1cccc(C(=O)c2c(F)ccc(C)c2F)c1. The third-order valence-electron chi connectivity index (χ3n) is 2.84. The van der Waals surface area contributed by atoms with Gasteiger partial charge in [-0.2, -0.15) is 0 Å². The third-order valence-corrected chi connectivity index (χ3v) is 2.84. The van der Waals surface area contributed by atoms with Gasteiger partial charge in [-0.25, -0.2) is 8.78 Å². The van der Waals surface area contributed by atoms with E-state index in [9.17, 15) is 13.6 Å². The first kappa shape index (κ1) is 13.2. The number of halogens is 2. The van der Waals surface area contributed by atoms with Crippen LogP contribution in [0.5, 0.6) is 5.75 Å². The molecule has 0 fully saturated rings. The summed E-state index contributed by atoms with van der Waals surface area (Å²) >= 11 is 0. The maximum Gasteiger partial charge on any atom is 0.199 e. The average Bonchev–Trinajstić information content (AvgIpc) is 2.43. The van der Waals surface area contributed by atoms with Gasteiger partial charge in [-0.15, -0.1) is 0 Å². The van der Waals surface area contributed by atoms with Crippen LogP contribution in [0.3, 0.4) is 0 Å². The smallest absolute Gasteiger partial charge is 0.199 e. The average molecular weight is 262 g/mol. The van der Waals surface area contributed by atoms with Crippen molar-refractivity contribution in [1.82, 2.24) is 0 Å². The zero-order valence-electron chi connectivity index (χ0n) is 10.5. The largest absolute Gasteiger partial charge is 0.497 e. The molecule has 0 bridgehead atoms. The summed E-state index contributed by atoms with van der Waals surface area (Å²) in [6.45, 7) is 1.48. The molecule has 2 aromatic rings. The molecular formula is C15H12F2O2. The lowest BCUT2D eigenvalue weighted by molar-refractivity contribution is 0.103. The van der Waals surface area contributed by atoms with Gasteiger partial charge in [0.15, 0.2) is 5.78 Å². The minimum Gasteiger partial charge on any atom is -0.497 e. The molecule has 2 nitrogen and oxygen atoms in total. The Kier molecular flexibility index (Phi) is 3.60. The van der Waals surface area contributed by atoms with E-state index < -0.39 is 23.0 Å². The van der Waals surface area contributed by atoms with Crippen LogP contribution < -0.4 is 4.74 Å². The van der Waals surface area contributed by atoms with Gasteiger partial charge in [-0.3, -0.25) is 4.79 Å². The van der Waals surface area contributed by atoms with E-state index in [1.165, 1.54) is 32.2 Å². The van der Waals surface area contributed by atoms with Crippen LogP contribution in [0.15, 0.2) is 36.4 Å². The van der Waals surface area contributed by atoms with Crippen molar-refractivity contribution in [2.24, 2.45) is 0 Å². The van der Waals surface area contributed by atoms with Crippen molar-refractivity contribution in [3.05, 3.63) is 64.7 Å². The van der Waals surface area contributed by atoms with Crippen molar-refractivity contribution in [2.45, 2.75) is 6.92 Å². The van der Waals surface area contributed by atoms with Crippen LogP contribution in [0.2, 0.25) is 0 Å². The molecule has 0 unspecified atom stereocenters. The molecule has 0 amide bonds. The first-order chi connectivity index (χ1) is 9.04. The zero-order valence-corrected chi connectivity index (χ0v) is 10.5. The summed E-state index contributed by atoms with van der Waals surface area (Å²) in [7, 11) is 1.46. The van der Waals surface area contributed by atoms with Crippen LogP contribution >= 0.6 is 0 Å². The first-order valence-corrected chi connectivity index (χ1v) is 5.68. The Morgan fingerprint density at radius 2 is 1.89 bits per heavy atom. The van der Waals surface area contributed by atoms with Crippen molar-refractivity contribution in [3.8, 4) is 5.75 Å². The molecule has 2 aromatic carbocycles. The van der Waals surface area contributed by atoms with Gasteiger partial charge in [-0.1, -0.05) is 18.2 Å². The topological polar surface area (TPSA) is 26.3 Å². The lowest BCUT2D eigenvalue weighted by atomic mass is 10.00. The zero-order chi connectivity index (χ0) is 14.0. The summed E-state index contributed by atoms with van der Waals surface area (Å²) in [6.07, 6.45) is 0. The molecule has 0 heterocycles. The molecule has 98 valence electrons. The van der Waals surface area contributed by atoms with Crippen molar-refractivity contribution in [1.29, 1.82) is 0 Å². The van der Waals surface area contributed by atoms with Crippen molar-refractivity contribution >= 4 is 5.78 Å². The number of aryl methyl sites for hydroxylation is 1. The number of carbonyl (C=O) groups excluding carboxylic acids is 1. The number of benzene rings is 2. The van der Waals surface area contributed by atoms with Crippen LogP contribution in [0, 0.1) is 18.6 Å². The van der Waals surface area contributed by atoms with Crippen LogP contribution in [0.4, 0.5) is 8.78 Å². The number of carbonyl (C=O) groups is 1. The van der Waals surface area contributed by atoms with Gasteiger partial charge in [-0.05, 0) is 30.7 Å². The van der Waals surface area contributed by atoms with Crippen LogP contribution in [-0.2, 0) is 0 Å². The molecule has 0 saturated carbocycles. The molecular weight excluding hydrogens is 250 g/mol. The molecule has 0 spiro atoms. The fourth-order valence-electron chi connectivity index (χ4n) is 1.77. The van der Waals surface area contributed by atoms with Gasteiger partial charge < -0.3 is 4.74 Å².